The van der Waals surface area contributed by atoms with Crippen molar-refractivity contribution in [3.05, 3.63) is 35.7 Å². The zero-order valence-electron chi connectivity index (χ0n) is 9.83. The summed E-state index contributed by atoms with van der Waals surface area (Å²) in [7, 11) is 0. The molecule has 0 saturated heterocycles. The number of rotatable bonds is 3. The molecule has 94 valence electrons. The SMILES string of the molecule is CC(C)c1c(C(=O)O)nnn1-c1cncc(F)c1. The Kier molecular flexibility index (Phi) is 3.05. The lowest BCUT2D eigenvalue weighted by atomic mass is 10.1. The van der Waals surface area contributed by atoms with Crippen LogP contribution in [0.15, 0.2) is 18.5 Å². The molecule has 0 saturated carbocycles. The molecule has 2 rings (SSSR count). The maximum absolute atomic E-state index is 13.1. The molecule has 1 N–H and O–H groups in total. The lowest BCUT2D eigenvalue weighted by Gasteiger charge is -2.09. The second kappa shape index (κ2) is 4.52. The molecular weight excluding hydrogens is 239 g/mol. The number of hydrogen-bond acceptors (Lipinski definition) is 4. The molecule has 2 aromatic rings. The van der Waals surface area contributed by atoms with E-state index in [1.807, 2.05) is 13.8 Å². The highest BCUT2D eigenvalue weighted by molar-refractivity contribution is 5.86. The monoisotopic (exact) mass is 250 g/mol. The quantitative estimate of drug-likeness (QED) is 0.895. The summed E-state index contributed by atoms with van der Waals surface area (Å²) < 4.78 is 14.4. The van der Waals surface area contributed by atoms with E-state index in [9.17, 15) is 9.18 Å². The van der Waals surface area contributed by atoms with Gasteiger partial charge in [0, 0.05) is 6.07 Å². The van der Waals surface area contributed by atoms with Crippen molar-refractivity contribution < 1.29 is 14.3 Å². The van der Waals surface area contributed by atoms with Crippen LogP contribution in [0, 0.1) is 5.82 Å². The highest BCUT2D eigenvalue weighted by atomic mass is 19.1. The number of halogens is 1. The molecule has 18 heavy (non-hydrogen) atoms. The van der Waals surface area contributed by atoms with Gasteiger partial charge in [0.1, 0.15) is 5.82 Å². The molecule has 0 atom stereocenters. The minimum Gasteiger partial charge on any atom is -0.476 e. The van der Waals surface area contributed by atoms with Crippen molar-refractivity contribution in [1.82, 2.24) is 20.0 Å². The van der Waals surface area contributed by atoms with E-state index in [0.717, 1.165) is 6.20 Å². The number of carboxylic acid groups (broad SMARTS) is 1. The van der Waals surface area contributed by atoms with Crippen LogP contribution in [0.2, 0.25) is 0 Å². The van der Waals surface area contributed by atoms with Crippen LogP contribution in [0.4, 0.5) is 4.39 Å². The summed E-state index contributed by atoms with van der Waals surface area (Å²) in [6.07, 6.45) is 2.46. The van der Waals surface area contributed by atoms with Crippen LogP contribution < -0.4 is 0 Å². The van der Waals surface area contributed by atoms with E-state index >= 15 is 0 Å². The number of pyridine rings is 1. The third kappa shape index (κ3) is 2.06. The fourth-order valence-corrected chi connectivity index (χ4v) is 1.67. The number of carboxylic acids is 1. The minimum atomic E-state index is -1.16. The van der Waals surface area contributed by atoms with Crippen molar-refractivity contribution in [3.8, 4) is 5.69 Å². The molecule has 0 bridgehead atoms. The fourth-order valence-electron chi connectivity index (χ4n) is 1.67. The van der Waals surface area contributed by atoms with E-state index in [4.69, 9.17) is 5.11 Å². The fraction of sp³-hybridized carbons (Fsp3) is 0.273. The summed E-state index contributed by atoms with van der Waals surface area (Å²) in [5, 5.41) is 16.4. The molecule has 0 amide bonds. The summed E-state index contributed by atoms with van der Waals surface area (Å²) in [4.78, 5) is 14.7. The number of nitrogens with zero attached hydrogens (tertiary/aromatic N) is 4. The number of aromatic nitrogens is 4. The molecule has 0 radical (unpaired) electrons. The Morgan fingerprint density at radius 1 is 1.44 bits per heavy atom. The highest BCUT2D eigenvalue weighted by Gasteiger charge is 2.22. The Balaban J connectivity index is 2.61. The van der Waals surface area contributed by atoms with Gasteiger partial charge in [-0.15, -0.1) is 5.10 Å². The summed E-state index contributed by atoms with van der Waals surface area (Å²) >= 11 is 0. The van der Waals surface area contributed by atoms with Crippen molar-refractivity contribution in [1.29, 1.82) is 0 Å². The van der Waals surface area contributed by atoms with Crippen molar-refractivity contribution in [2.45, 2.75) is 19.8 Å². The van der Waals surface area contributed by atoms with E-state index in [1.54, 1.807) is 0 Å². The summed E-state index contributed by atoms with van der Waals surface area (Å²) in [6.45, 7) is 3.63. The van der Waals surface area contributed by atoms with Gasteiger partial charge in [0.25, 0.3) is 0 Å². The number of aromatic carboxylic acids is 1. The minimum absolute atomic E-state index is 0.116. The predicted octanol–water partition coefficient (Wildman–Crippen LogP) is 1.62. The van der Waals surface area contributed by atoms with Crippen molar-refractivity contribution in [3.63, 3.8) is 0 Å². The molecular formula is C11H11FN4O2. The van der Waals surface area contributed by atoms with Crippen molar-refractivity contribution >= 4 is 5.97 Å². The van der Waals surface area contributed by atoms with Crippen LogP contribution in [-0.2, 0) is 0 Å². The summed E-state index contributed by atoms with van der Waals surface area (Å²) in [5.74, 6) is -1.79. The van der Waals surface area contributed by atoms with Crippen LogP contribution in [0.3, 0.4) is 0 Å². The first kappa shape index (κ1) is 12.2. The molecule has 0 aliphatic rings. The molecule has 0 aromatic carbocycles. The van der Waals surface area contributed by atoms with E-state index in [-0.39, 0.29) is 11.6 Å². The number of hydrogen-bond donors (Lipinski definition) is 1. The largest absolute Gasteiger partial charge is 0.476 e. The van der Waals surface area contributed by atoms with Gasteiger partial charge in [-0.1, -0.05) is 19.1 Å². The van der Waals surface area contributed by atoms with Gasteiger partial charge < -0.3 is 5.11 Å². The second-order valence-electron chi connectivity index (χ2n) is 4.06. The molecule has 0 fully saturated rings. The smallest absolute Gasteiger partial charge is 0.358 e. The Morgan fingerprint density at radius 3 is 2.72 bits per heavy atom. The average molecular weight is 250 g/mol. The standard InChI is InChI=1S/C11H11FN4O2/c1-6(2)10-9(11(17)18)14-15-16(10)8-3-7(12)4-13-5-8/h3-6H,1-2H3,(H,17,18). The molecule has 2 aromatic heterocycles. The molecule has 6 nitrogen and oxygen atoms in total. The summed E-state index contributed by atoms with van der Waals surface area (Å²) in [5.41, 5.74) is 0.628. The Labute approximate surface area is 102 Å². The van der Waals surface area contributed by atoms with E-state index < -0.39 is 11.8 Å². The van der Waals surface area contributed by atoms with Crippen molar-refractivity contribution in [2.75, 3.05) is 0 Å². The Hall–Kier alpha value is -2.31. The van der Waals surface area contributed by atoms with E-state index in [0.29, 0.717) is 11.4 Å². The van der Waals surface area contributed by atoms with Crippen LogP contribution >= 0.6 is 0 Å². The van der Waals surface area contributed by atoms with Crippen LogP contribution in [-0.4, -0.2) is 31.1 Å². The number of carbonyl (C=O) groups is 1. The average Bonchev–Trinajstić information content (AvgIpc) is 2.73. The van der Waals surface area contributed by atoms with Gasteiger partial charge in [-0.3, -0.25) is 4.98 Å². The Morgan fingerprint density at radius 2 is 2.17 bits per heavy atom. The van der Waals surface area contributed by atoms with Gasteiger partial charge in [0.15, 0.2) is 5.69 Å². The first-order valence-electron chi connectivity index (χ1n) is 5.30. The molecule has 0 aliphatic carbocycles. The first-order chi connectivity index (χ1) is 8.50. The molecule has 0 spiro atoms. The second-order valence-corrected chi connectivity index (χ2v) is 4.06. The molecule has 7 heteroatoms. The van der Waals surface area contributed by atoms with Gasteiger partial charge in [-0.05, 0) is 5.92 Å². The van der Waals surface area contributed by atoms with Gasteiger partial charge in [-0.2, -0.15) is 0 Å². The van der Waals surface area contributed by atoms with Gasteiger partial charge in [0.2, 0.25) is 0 Å². The van der Waals surface area contributed by atoms with Gasteiger partial charge in [0.05, 0.1) is 23.8 Å². The third-order valence-corrected chi connectivity index (χ3v) is 2.39. The van der Waals surface area contributed by atoms with E-state index in [2.05, 4.69) is 15.3 Å². The molecule has 0 aliphatic heterocycles. The van der Waals surface area contributed by atoms with Crippen molar-refractivity contribution in [2.24, 2.45) is 0 Å². The predicted molar refractivity (Wildman–Crippen MR) is 60.2 cm³/mol. The maximum Gasteiger partial charge on any atom is 0.358 e. The van der Waals surface area contributed by atoms with Crippen LogP contribution in [0.25, 0.3) is 5.69 Å². The zero-order valence-corrected chi connectivity index (χ0v) is 9.83. The van der Waals surface area contributed by atoms with Gasteiger partial charge >= 0.3 is 5.97 Å². The topological polar surface area (TPSA) is 80.9 Å². The molecule has 0 unspecified atom stereocenters. The lowest BCUT2D eigenvalue weighted by Crippen LogP contribution is -2.08. The Bertz CT molecular complexity index is 594. The lowest BCUT2D eigenvalue weighted by molar-refractivity contribution is 0.0688. The summed E-state index contributed by atoms with van der Waals surface area (Å²) in [6, 6.07) is 1.22. The molecule has 2 heterocycles. The highest BCUT2D eigenvalue weighted by Crippen LogP contribution is 2.21. The normalized spacial score (nSPS) is 10.9. The van der Waals surface area contributed by atoms with Gasteiger partial charge in [-0.25, -0.2) is 13.9 Å². The third-order valence-electron chi connectivity index (χ3n) is 2.39. The van der Waals surface area contributed by atoms with Crippen LogP contribution in [0.1, 0.15) is 35.9 Å². The maximum atomic E-state index is 13.1. The van der Waals surface area contributed by atoms with E-state index in [1.165, 1.54) is 16.9 Å². The van der Waals surface area contributed by atoms with Crippen LogP contribution in [0.5, 0.6) is 0 Å². The zero-order chi connectivity index (χ0) is 13.3. The first-order valence-corrected chi connectivity index (χ1v) is 5.30.